The van der Waals surface area contributed by atoms with Crippen molar-refractivity contribution in [2.75, 3.05) is 7.11 Å². The fourth-order valence-corrected chi connectivity index (χ4v) is 3.26. The second-order valence-electron chi connectivity index (χ2n) is 6.28. The average molecular weight is 276 g/mol. The molecule has 3 nitrogen and oxygen atoms in total. The van der Waals surface area contributed by atoms with Crippen LogP contribution >= 0.6 is 0 Å². The number of carbonyl (C=O) groups is 1. The van der Waals surface area contributed by atoms with Gasteiger partial charge in [0, 0.05) is 0 Å². The Morgan fingerprint density at radius 2 is 1.80 bits per heavy atom. The van der Waals surface area contributed by atoms with Gasteiger partial charge in [-0.15, -0.1) is 0 Å². The number of carbonyl (C=O) groups excluding carboxylic acids is 1. The van der Waals surface area contributed by atoms with Crippen LogP contribution in [0.5, 0.6) is 0 Å². The maximum atomic E-state index is 11.8. The molecule has 0 aromatic heterocycles. The van der Waals surface area contributed by atoms with Crippen LogP contribution in [0.15, 0.2) is 24.3 Å². The lowest BCUT2D eigenvalue weighted by Crippen LogP contribution is -2.33. The van der Waals surface area contributed by atoms with E-state index in [-0.39, 0.29) is 5.97 Å². The molecule has 1 N–H and O–H groups in total. The van der Waals surface area contributed by atoms with Gasteiger partial charge in [0.15, 0.2) is 0 Å². The Kier molecular flexibility index (Phi) is 4.48. The van der Waals surface area contributed by atoms with Crippen LogP contribution in [0.3, 0.4) is 0 Å². The lowest BCUT2D eigenvalue weighted by atomic mass is 9.72. The zero-order valence-electron chi connectivity index (χ0n) is 12.6. The Hall–Kier alpha value is -1.35. The summed E-state index contributed by atoms with van der Waals surface area (Å²) in [6, 6.07) is 7.71. The number of esters is 1. The van der Waals surface area contributed by atoms with E-state index in [9.17, 15) is 9.90 Å². The highest BCUT2D eigenvalue weighted by atomic mass is 16.5. The monoisotopic (exact) mass is 276 g/mol. The second kappa shape index (κ2) is 5.96. The van der Waals surface area contributed by atoms with Gasteiger partial charge in [0.05, 0.1) is 18.3 Å². The Labute approximate surface area is 121 Å². The van der Waals surface area contributed by atoms with Gasteiger partial charge in [0.2, 0.25) is 0 Å². The number of benzene rings is 1. The average Bonchev–Trinajstić information content (AvgIpc) is 2.45. The van der Waals surface area contributed by atoms with Gasteiger partial charge in [-0.2, -0.15) is 0 Å². The number of methoxy groups -OCH3 is 1. The molecule has 20 heavy (non-hydrogen) atoms. The molecule has 110 valence electrons. The van der Waals surface area contributed by atoms with Crippen molar-refractivity contribution in [2.24, 2.45) is 5.92 Å². The Balaban J connectivity index is 2.13. The van der Waals surface area contributed by atoms with Crippen LogP contribution in [0.25, 0.3) is 0 Å². The van der Waals surface area contributed by atoms with Gasteiger partial charge in [0.25, 0.3) is 0 Å². The SMILES string of the molecule is COC(=O)c1ccccc1C1CCC(C(C)(C)O)CC1. The summed E-state index contributed by atoms with van der Waals surface area (Å²) >= 11 is 0. The maximum absolute atomic E-state index is 11.8. The van der Waals surface area contributed by atoms with E-state index in [2.05, 4.69) is 0 Å². The first-order valence-corrected chi connectivity index (χ1v) is 7.33. The number of rotatable bonds is 3. The Morgan fingerprint density at radius 1 is 1.20 bits per heavy atom. The largest absolute Gasteiger partial charge is 0.465 e. The van der Waals surface area contributed by atoms with Crippen LogP contribution in [0.4, 0.5) is 0 Å². The van der Waals surface area contributed by atoms with E-state index in [1.54, 1.807) is 0 Å². The van der Waals surface area contributed by atoms with Crippen molar-refractivity contribution in [3.05, 3.63) is 35.4 Å². The first-order chi connectivity index (χ1) is 9.43. The van der Waals surface area contributed by atoms with Crippen LogP contribution in [0, 0.1) is 5.92 Å². The number of aliphatic hydroxyl groups is 1. The van der Waals surface area contributed by atoms with Crippen molar-refractivity contribution >= 4 is 5.97 Å². The molecule has 0 aliphatic heterocycles. The summed E-state index contributed by atoms with van der Waals surface area (Å²) in [5.74, 6) is 0.484. The normalized spacial score (nSPS) is 23.4. The van der Waals surface area contributed by atoms with E-state index in [0.29, 0.717) is 17.4 Å². The standard InChI is InChI=1S/C17H24O3/c1-17(2,19)13-10-8-12(9-11-13)14-6-4-5-7-15(14)16(18)20-3/h4-7,12-13,19H,8-11H2,1-3H3. The van der Waals surface area contributed by atoms with E-state index >= 15 is 0 Å². The van der Waals surface area contributed by atoms with Crippen molar-refractivity contribution in [3.63, 3.8) is 0 Å². The van der Waals surface area contributed by atoms with Crippen molar-refractivity contribution in [1.29, 1.82) is 0 Å². The molecule has 0 atom stereocenters. The summed E-state index contributed by atoms with van der Waals surface area (Å²) in [6.07, 6.45) is 4.04. The van der Waals surface area contributed by atoms with Gasteiger partial charge in [0.1, 0.15) is 0 Å². The third kappa shape index (κ3) is 3.21. The predicted octanol–water partition coefficient (Wildman–Crippen LogP) is 3.52. The van der Waals surface area contributed by atoms with Crippen LogP contribution in [0.1, 0.15) is 61.4 Å². The van der Waals surface area contributed by atoms with Crippen LogP contribution in [0.2, 0.25) is 0 Å². The Bertz CT molecular complexity index is 465. The lowest BCUT2D eigenvalue weighted by Gasteiger charge is -2.36. The molecule has 1 fully saturated rings. The molecule has 1 saturated carbocycles. The fourth-order valence-electron chi connectivity index (χ4n) is 3.26. The molecule has 0 radical (unpaired) electrons. The summed E-state index contributed by atoms with van der Waals surface area (Å²) in [5, 5.41) is 10.1. The van der Waals surface area contributed by atoms with Gasteiger partial charge in [-0.1, -0.05) is 18.2 Å². The summed E-state index contributed by atoms with van der Waals surface area (Å²) < 4.78 is 4.86. The summed E-state index contributed by atoms with van der Waals surface area (Å²) in [7, 11) is 1.42. The molecule has 1 aromatic carbocycles. The maximum Gasteiger partial charge on any atom is 0.338 e. The van der Waals surface area contributed by atoms with Crippen LogP contribution < -0.4 is 0 Å². The molecular formula is C17H24O3. The predicted molar refractivity (Wildman–Crippen MR) is 78.8 cm³/mol. The topological polar surface area (TPSA) is 46.5 Å². The molecule has 0 saturated heterocycles. The summed E-state index contributed by atoms with van der Waals surface area (Å²) in [6.45, 7) is 3.78. The van der Waals surface area contributed by atoms with Crippen molar-refractivity contribution in [3.8, 4) is 0 Å². The Morgan fingerprint density at radius 3 is 2.35 bits per heavy atom. The zero-order chi connectivity index (χ0) is 14.8. The minimum Gasteiger partial charge on any atom is -0.465 e. The number of hydrogen-bond donors (Lipinski definition) is 1. The van der Waals surface area contributed by atoms with Gasteiger partial charge in [-0.3, -0.25) is 0 Å². The molecule has 2 rings (SSSR count). The molecule has 0 amide bonds. The van der Waals surface area contributed by atoms with Gasteiger partial charge < -0.3 is 9.84 Å². The van der Waals surface area contributed by atoms with E-state index in [4.69, 9.17) is 4.74 Å². The molecule has 0 unspecified atom stereocenters. The van der Waals surface area contributed by atoms with Crippen molar-refractivity contribution in [2.45, 2.75) is 51.0 Å². The molecule has 1 aromatic rings. The molecule has 0 bridgehead atoms. The molecule has 1 aliphatic rings. The van der Waals surface area contributed by atoms with E-state index in [1.165, 1.54) is 7.11 Å². The molecule has 0 spiro atoms. The third-order valence-corrected chi connectivity index (χ3v) is 4.53. The van der Waals surface area contributed by atoms with Gasteiger partial charge in [-0.25, -0.2) is 4.79 Å². The van der Waals surface area contributed by atoms with Gasteiger partial charge in [-0.05, 0) is 63.0 Å². The highest BCUT2D eigenvalue weighted by molar-refractivity contribution is 5.91. The summed E-state index contributed by atoms with van der Waals surface area (Å²) in [5.41, 5.74) is 1.17. The minimum absolute atomic E-state index is 0.259. The van der Waals surface area contributed by atoms with Crippen LogP contribution in [-0.2, 0) is 4.74 Å². The van der Waals surface area contributed by atoms with E-state index in [1.807, 2.05) is 38.1 Å². The van der Waals surface area contributed by atoms with E-state index in [0.717, 1.165) is 31.2 Å². The minimum atomic E-state index is -0.604. The second-order valence-corrected chi connectivity index (χ2v) is 6.28. The zero-order valence-corrected chi connectivity index (χ0v) is 12.6. The first-order valence-electron chi connectivity index (χ1n) is 7.33. The smallest absolute Gasteiger partial charge is 0.338 e. The number of ether oxygens (including phenoxy) is 1. The number of hydrogen-bond acceptors (Lipinski definition) is 3. The molecule has 3 heteroatoms. The third-order valence-electron chi connectivity index (χ3n) is 4.53. The quantitative estimate of drug-likeness (QED) is 0.859. The first kappa shape index (κ1) is 15.0. The van der Waals surface area contributed by atoms with Crippen molar-refractivity contribution in [1.82, 2.24) is 0 Å². The molecule has 0 heterocycles. The fraction of sp³-hybridized carbons (Fsp3) is 0.588. The highest BCUT2D eigenvalue weighted by Gasteiger charge is 2.32. The molecule has 1 aliphatic carbocycles. The van der Waals surface area contributed by atoms with Gasteiger partial charge >= 0.3 is 5.97 Å². The van der Waals surface area contributed by atoms with Crippen LogP contribution in [-0.4, -0.2) is 23.8 Å². The molecular weight excluding hydrogens is 252 g/mol. The highest BCUT2D eigenvalue weighted by Crippen LogP contribution is 2.40. The van der Waals surface area contributed by atoms with E-state index < -0.39 is 5.60 Å². The van der Waals surface area contributed by atoms with Crippen molar-refractivity contribution < 1.29 is 14.6 Å². The summed E-state index contributed by atoms with van der Waals surface area (Å²) in [4.78, 5) is 11.8. The lowest BCUT2D eigenvalue weighted by molar-refractivity contribution is -0.00165.